The van der Waals surface area contributed by atoms with Gasteiger partial charge in [-0.05, 0) is 44.4 Å². The minimum absolute atomic E-state index is 0.224. The van der Waals surface area contributed by atoms with Gasteiger partial charge in [0, 0.05) is 16.8 Å². The summed E-state index contributed by atoms with van der Waals surface area (Å²) >= 11 is 6.02. The van der Waals surface area contributed by atoms with Crippen LogP contribution in [0.1, 0.15) is 25.3 Å². The maximum atomic E-state index is 11.8. The summed E-state index contributed by atoms with van der Waals surface area (Å²) in [5, 5.41) is 8.65. The molecular formula is C14H18ClN3O2. The van der Waals surface area contributed by atoms with Gasteiger partial charge in [-0.15, -0.1) is 0 Å². The molecule has 1 saturated carbocycles. The molecule has 2 rings (SSSR count). The Labute approximate surface area is 123 Å². The number of anilines is 1. The molecule has 108 valence electrons. The second-order valence-electron chi connectivity index (χ2n) is 5.07. The molecule has 1 aliphatic rings. The molecule has 0 aromatic heterocycles. The van der Waals surface area contributed by atoms with Crippen molar-refractivity contribution in [2.45, 2.75) is 38.8 Å². The average Bonchev–Trinajstić information content (AvgIpc) is 3.17. The average molecular weight is 296 g/mol. The molecule has 0 bridgehead atoms. The van der Waals surface area contributed by atoms with Crippen LogP contribution in [0, 0.1) is 6.92 Å². The van der Waals surface area contributed by atoms with Crippen LogP contribution < -0.4 is 16.0 Å². The number of halogens is 1. The Morgan fingerprint density at radius 2 is 2.05 bits per heavy atom. The molecule has 0 heterocycles. The quantitative estimate of drug-likeness (QED) is 0.799. The molecule has 0 radical (unpaired) electrons. The van der Waals surface area contributed by atoms with Gasteiger partial charge in [0.15, 0.2) is 0 Å². The summed E-state index contributed by atoms with van der Waals surface area (Å²) < 4.78 is 0. The molecule has 0 spiro atoms. The number of urea groups is 1. The van der Waals surface area contributed by atoms with Crippen molar-refractivity contribution in [3.05, 3.63) is 28.8 Å². The molecule has 1 aromatic carbocycles. The van der Waals surface area contributed by atoms with Gasteiger partial charge in [-0.2, -0.15) is 0 Å². The summed E-state index contributed by atoms with van der Waals surface area (Å²) in [7, 11) is 0. The second-order valence-corrected chi connectivity index (χ2v) is 5.47. The zero-order valence-corrected chi connectivity index (χ0v) is 12.3. The third-order valence-corrected chi connectivity index (χ3v) is 3.50. The fourth-order valence-electron chi connectivity index (χ4n) is 1.67. The normalized spacial score (nSPS) is 15.3. The van der Waals surface area contributed by atoms with Crippen LogP contribution in [0.2, 0.25) is 5.02 Å². The van der Waals surface area contributed by atoms with Crippen LogP contribution in [0.5, 0.6) is 0 Å². The Morgan fingerprint density at radius 3 is 2.65 bits per heavy atom. The molecular weight excluding hydrogens is 278 g/mol. The lowest BCUT2D eigenvalue weighted by Crippen LogP contribution is -2.46. The highest BCUT2D eigenvalue weighted by Crippen LogP contribution is 2.20. The number of imide groups is 1. The lowest BCUT2D eigenvalue weighted by molar-refractivity contribution is -0.120. The van der Waals surface area contributed by atoms with E-state index in [9.17, 15) is 9.59 Å². The number of nitrogens with one attached hydrogen (secondary N) is 3. The van der Waals surface area contributed by atoms with Crippen LogP contribution in [0.3, 0.4) is 0 Å². The minimum Gasteiger partial charge on any atom is -0.374 e. The van der Waals surface area contributed by atoms with Gasteiger partial charge in [-0.1, -0.05) is 17.7 Å². The maximum Gasteiger partial charge on any atom is 0.321 e. The van der Waals surface area contributed by atoms with E-state index < -0.39 is 12.1 Å². The predicted octanol–water partition coefficient (Wildman–Crippen LogP) is 2.44. The summed E-state index contributed by atoms with van der Waals surface area (Å²) in [6.07, 6.45) is 1.97. The van der Waals surface area contributed by atoms with Crippen molar-refractivity contribution in [1.29, 1.82) is 0 Å². The van der Waals surface area contributed by atoms with Gasteiger partial charge in [0.1, 0.15) is 6.04 Å². The minimum atomic E-state index is -0.529. The Balaban J connectivity index is 1.86. The standard InChI is InChI=1S/C14H18ClN3O2/c1-8-3-4-11(7-12(8)15)16-9(2)13(19)18-14(20)17-10-5-6-10/h3-4,7,9-10,16H,5-6H2,1-2H3,(H2,17,18,19,20). The Bertz CT molecular complexity index is 529. The number of hydrogen-bond acceptors (Lipinski definition) is 3. The van der Waals surface area contributed by atoms with E-state index >= 15 is 0 Å². The predicted molar refractivity (Wildman–Crippen MR) is 79.0 cm³/mol. The van der Waals surface area contributed by atoms with Crippen LogP contribution in [-0.2, 0) is 4.79 Å². The van der Waals surface area contributed by atoms with E-state index in [4.69, 9.17) is 11.6 Å². The summed E-state index contributed by atoms with van der Waals surface area (Å²) in [5.74, 6) is -0.375. The molecule has 5 nitrogen and oxygen atoms in total. The van der Waals surface area contributed by atoms with Gasteiger partial charge in [0.2, 0.25) is 5.91 Å². The number of carbonyl (C=O) groups excluding carboxylic acids is 2. The first-order valence-electron chi connectivity index (χ1n) is 6.60. The molecule has 1 aromatic rings. The molecule has 0 saturated heterocycles. The third-order valence-electron chi connectivity index (χ3n) is 3.10. The number of rotatable bonds is 4. The van der Waals surface area contributed by atoms with Gasteiger partial charge >= 0.3 is 6.03 Å². The van der Waals surface area contributed by atoms with Gasteiger partial charge < -0.3 is 10.6 Å². The fourth-order valence-corrected chi connectivity index (χ4v) is 1.85. The van der Waals surface area contributed by atoms with Gasteiger partial charge in [-0.3, -0.25) is 10.1 Å². The SMILES string of the molecule is Cc1ccc(NC(C)C(=O)NC(=O)NC2CC2)cc1Cl. The molecule has 1 unspecified atom stereocenters. The number of carbonyl (C=O) groups is 2. The largest absolute Gasteiger partial charge is 0.374 e. The first-order chi connectivity index (χ1) is 9.45. The van der Waals surface area contributed by atoms with E-state index in [1.165, 1.54) is 0 Å². The molecule has 3 amide bonds. The Hall–Kier alpha value is -1.75. The highest BCUT2D eigenvalue weighted by atomic mass is 35.5. The van der Waals surface area contributed by atoms with Gasteiger partial charge in [0.05, 0.1) is 0 Å². The van der Waals surface area contributed by atoms with Crippen LogP contribution in [0.15, 0.2) is 18.2 Å². The highest BCUT2D eigenvalue weighted by molar-refractivity contribution is 6.31. The second kappa shape index (κ2) is 6.13. The van der Waals surface area contributed by atoms with Crippen molar-refractivity contribution >= 4 is 29.2 Å². The fraction of sp³-hybridized carbons (Fsp3) is 0.429. The van der Waals surface area contributed by atoms with Crippen molar-refractivity contribution in [2.75, 3.05) is 5.32 Å². The van der Waals surface area contributed by atoms with Crippen molar-refractivity contribution in [2.24, 2.45) is 0 Å². The van der Waals surface area contributed by atoms with E-state index in [-0.39, 0.29) is 11.9 Å². The van der Waals surface area contributed by atoms with Crippen molar-refractivity contribution in [3.8, 4) is 0 Å². The summed E-state index contributed by atoms with van der Waals surface area (Å²) in [6.45, 7) is 3.60. The molecule has 1 fully saturated rings. The van der Waals surface area contributed by atoms with Crippen LogP contribution >= 0.6 is 11.6 Å². The van der Waals surface area contributed by atoms with Crippen molar-refractivity contribution < 1.29 is 9.59 Å². The number of amides is 3. The molecule has 0 aliphatic heterocycles. The van der Waals surface area contributed by atoms with E-state index in [0.717, 1.165) is 24.1 Å². The molecule has 1 atom stereocenters. The molecule has 1 aliphatic carbocycles. The van der Waals surface area contributed by atoms with Crippen molar-refractivity contribution in [3.63, 3.8) is 0 Å². The Kier molecular flexibility index (Phi) is 4.49. The van der Waals surface area contributed by atoms with E-state index in [0.29, 0.717) is 5.02 Å². The van der Waals surface area contributed by atoms with E-state index in [2.05, 4.69) is 16.0 Å². The van der Waals surface area contributed by atoms with Crippen LogP contribution in [0.4, 0.5) is 10.5 Å². The van der Waals surface area contributed by atoms with Gasteiger partial charge in [-0.25, -0.2) is 4.79 Å². The maximum absolute atomic E-state index is 11.8. The molecule has 6 heteroatoms. The topological polar surface area (TPSA) is 70.2 Å². The summed E-state index contributed by atoms with van der Waals surface area (Å²) in [4.78, 5) is 23.3. The molecule has 20 heavy (non-hydrogen) atoms. The van der Waals surface area contributed by atoms with Crippen LogP contribution in [-0.4, -0.2) is 24.0 Å². The Morgan fingerprint density at radius 1 is 1.35 bits per heavy atom. The zero-order chi connectivity index (χ0) is 14.7. The van der Waals surface area contributed by atoms with Crippen molar-refractivity contribution in [1.82, 2.24) is 10.6 Å². The first kappa shape index (κ1) is 14.7. The number of benzene rings is 1. The number of hydrogen-bond donors (Lipinski definition) is 3. The van der Waals surface area contributed by atoms with Crippen LogP contribution in [0.25, 0.3) is 0 Å². The van der Waals surface area contributed by atoms with E-state index in [1.807, 2.05) is 19.1 Å². The summed E-state index contributed by atoms with van der Waals surface area (Å²) in [5.41, 5.74) is 1.71. The van der Waals surface area contributed by atoms with E-state index in [1.54, 1.807) is 13.0 Å². The number of aryl methyl sites for hydroxylation is 1. The zero-order valence-electron chi connectivity index (χ0n) is 11.5. The summed E-state index contributed by atoms with van der Waals surface area (Å²) in [6, 6.07) is 4.73. The smallest absolute Gasteiger partial charge is 0.321 e. The lowest BCUT2D eigenvalue weighted by atomic mass is 10.2. The molecule has 3 N–H and O–H groups in total. The highest BCUT2D eigenvalue weighted by Gasteiger charge is 2.24. The van der Waals surface area contributed by atoms with Gasteiger partial charge in [0.25, 0.3) is 0 Å². The third kappa shape index (κ3) is 4.13. The first-order valence-corrected chi connectivity index (χ1v) is 6.97. The monoisotopic (exact) mass is 295 g/mol. The lowest BCUT2D eigenvalue weighted by Gasteiger charge is -2.15.